The van der Waals surface area contributed by atoms with Crippen molar-refractivity contribution < 1.29 is 0 Å². The number of hydrogen-bond acceptors (Lipinski definition) is 4. The number of hydrogen-bond donors (Lipinski definition) is 0. The minimum absolute atomic E-state index is 0.573. The molecule has 0 saturated carbocycles. The van der Waals surface area contributed by atoms with Crippen molar-refractivity contribution in [1.82, 2.24) is 9.88 Å². The second kappa shape index (κ2) is 8.36. The second-order valence-electron chi connectivity index (χ2n) is 7.19. The third-order valence-corrected chi connectivity index (χ3v) is 6.58. The molecule has 27 heavy (non-hydrogen) atoms. The molecule has 3 aromatic rings. The fourth-order valence-corrected chi connectivity index (χ4v) is 5.16. The Labute approximate surface area is 174 Å². The minimum Gasteiger partial charge on any atom is -0.347 e. The molecule has 2 aromatic carbocycles. The summed E-state index contributed by atoms with van der Waals surface area (Å²) >= 11 is 13.9. The number of thiazole rings is 1. The van der Waals surface area contributed by atoms with E-state index in [0.29, 0.717) is 5.88 Å². The Morgan fingerprint density at radius 2 is 1.89 bits per heavy atom. The molecule has 0 atom stereocenters. The Morgan fingerprint density at radius 1 is 1.04 bits per heavy atom. The number of benzene rings is 2. The zero-order chi connectivity index (χ0) is 18.8. The van der Waals surface area contributed by atoms with E-state index in [4.69, 9.17) is 28.2 Å². The molecule has 2 heterocycles. The molecule has 1 fully saturated rings. The van der Waals surface area contributed by atoms with Gasteiger partial charge < -0.3 is 4.90 Å². The number of fused-ring (bicyclic) bond motifs is 1. The van der Waals surface area contributed by atoms with Crippen LogP contribution in [0.5, 0.6) is 0 Å². The van der Waals surface area contributed by atoms with E-state index < -0.39 is 0 Å². The van der Waals surface area contributed by atoms with Crippen LogP contribution in [-0.4, -0.2) is 36.1 Å². The lowest BCUT2D eigenvalue weighted by Gasteiger charge is -2.22. The Kier molecular flexibility index (Phi) is 5.88. The SMILES string of the molecule is Cc1cc(CCl)cc(CN2CCCN(c3nc4ccc(Cl)cc4s3)CC2)c1. The quantitative estimate of drug-likeness (QED) is 0.504. The summed E-state index contributed by atoms with van der Waals surface area (Å²) in [6, 6.07) is 12.6. The standard InChI is InChI=1S/C21H23Cl2N3S/c1-15-9-16(13-22)11-17(10-15)14-25-5-2-6-26(8-7-25)21-24-19-4-3-18(23)12-20(19)27-21/h3-4,9-12H,2,5-8,13-14H2,1H3. The predicted octanol–water partition coefficient (Wildman–Crippen LogP) is 5.71. The monoisotopic (exact) mass is 419 g/mol. The van der Waals surface area contributed by atoms with Gasteiger partial charge in [-0.15, -0.1) is 11.6 Å². The lowest BCUT2D eigenvalue weighted by molar-refractivity contribution is 0.285. The first-order valence-electron chi connectivity index (χ1n) is 9.29. The van der Waals surface area contributed by atoms with E-state index in [-0.39, 0.29) is 0 Å². The van der Waals surface area contributed by atoms with Crippen LogP contribution in [0, 0.1) is 6.92 Å². The van der Waals surface area contributed by atoms with Gasteiger partial charge in [-0.1, -0.05) is 46.7 Å². The number of halogens is 2. The van der Waals surface area contributed by atoms with Gasteiger partial charge in [0.1, 0.15) is 0 Å². The van der Waals surface area contributed by atoms with Crippen molar-refractivity contribution in [2.75, 3.05) is 31.1 Å². The van der Waals surface area contributed by atoms with Gasteiger partial charge in [0.15, 0.2) is 5.13 Å². The van der Waals surface area contributed by atoms with Gasteiger partial charge in [0, 0.05) is 43.6 Å². The lowest BCUT2D eigenvalue weighted by Crippen LogP contribution is -2.30. The summed E-state index contributed by atoms with van der Waals surface area (Å²) in [5.41, 5.74) is 4.88. The van der Waals surface area contributed by atoms with Gasteiger partial charge >= 0.3 is 0 Å². The second-order valence-corrected chi connectivity index (χ2v) is 8.90. The van der Waals surface area contributed by atoms with Gasteiger partial charge in [0.2, 0.25) is 0 Å². The Bertz CT molecular complexity index is 940. The fraction of sp³-hybridized carbons (Fsp3) is 0.381. The highest BCUT2D eigenvalue weighted by Crippen LogP contribution is 2.31. The molecular weight excluding hydrogens is 397 g/mol. The van der Waals surface area contributed by atoms with Gasteiger partial charge in [-0.2, -0.15) is 0 Å². The lowest BCUT2D eigenvalue weighted by atomic mass is 10.1. The molecule has 0 unspecified atom stereocenters. The Hall–Kier alpha value is -1.33. The molecule has 4 rings (SSSR count). The molecule has 1 aliphatic heterocycles. The van der Waals surface area contributed by atoms with Crippen molar-refractivity contribution in [1.29, 1.82) is 0 Å². The maximum atomic E-state index is 6.12. The average Bonchev–Trinajstić information content (AvgIpc) is 2.92. The summed E-state index contributed by atoms with van der Waals surface area (Å²) < 4.78 is 1.16. The van der Waals surface area contributed by atoms with Crippen LogP contribution in [-0.2, 0) is 12.4 Å². The van der Waals surface area contributed by atoms with E-state index in [1.54, 1.807) is 11.3 Å². The molecule has 1 saturated heterocycles. The van der Waals surface area contributed by atoms with Crippen LogP contribution in [0.2, 0.25) is 5.02 Å². The molecular formula is C21H23Cl2N3S. The van der Waals surface area contributed by atoms with Gasteiger partial charge in [-0.3, -0.25) is 4.90 Å². The molecule has 0 radical (unpaired) electrons. The summed E-state index contributed by atoms with van der Waals surface area (Å²) in [6.07, 6.45) is 1.14. The highest BCUT2D eigenvalue weighted by atomic mass is 35.5. The summed E-state index contributed by atoms with van der Waals surface area (Å²) in [7, 11) is 0. The van der Waals surface area contributed by atoms with Gasteiger partial charge in [-0.05, 0) is 42.7 Å². The average molecular weight is 420 g/mol. The fourth-order valence-electron chi connectivity index (χ4n) is 3.72. The molecule has 0 bridgehead atoms. The highest BCUT2D eigenvalue weighted by molar-refractivity contribution is 7.22. The van der Waals surface area contributed by atoms with Crippen LogP contribution >= 0.6 is 34.5 Å². The van der Waals surface area contributed by atoms with Crippen LogP contribution in [0.3, 0.4) is 0 Å². The summed E-state index contributed by atoms with van der Waals surface area (Å²) in [5, 5.41) is 1.88. The molecule has 6 heteroatoms. The normalized spacial score (nSPS) is 16.0. The molecule has 0 spiro atoms. The molecule has 0 aliphatic carbocycles. The van der Waals surface area contributed by atoms with Crippen molar-refractivity contribution in [2.24, 2.45) is 0 Å². The minimum atomic E-state index is 0.573. The number of anilines is 1. The van der Waals surface area contributed by atoms with Crippen LogP contribution < -0.4 is 4.90 Å². The number of nitrogens with zero attached hydrogens (tertiary/aromatic N) is 3. The van der Waals surface area contributed by atoms with Crippen LogP contribution in [0.25, 0.3) is 10.2 Å². The van der Waals surface area contributed by atoms with Crippen LogP contribution in [0.4, 0.5) is 5.13 Å². The Morgan fingerprint density at radius 3 is 2.74 bits per heavy atom. The third-order valence-electron chi connectivity index (χ3n) is 4.96. The number of alkyl halides is 1. The smallest absolute Gasteiger partial charge is 0.186 e. The zero-order valence-electron chi connectivity index (χ0n) is 15.4. The summed E-state index contributed by atoms with van der Waals surface area (Å²) in [5.74, 6) is 0.573. The van der Waals surface area contributed by atoms with E-state index in [1.165, 1.54) is 16.7 Å². The van der Waals surface area contributed by atoms with E-state index in [9.17, 15) is 0 Å². The predicted molar refractivity (Wildman–Crippen MR) is 117 cm³/mol. The Balaban J connectivity index is 1.44. The van der Waals surface area contributed by atoms with Crippen molar-refractivity contribution in [3.63, 3.8) is 0 Å². The van der Waals surface area contributed by atoms with Gasteiger partial charge in [0.25, 0.3) is 0 Å². The zero-order valence-corrected chi connectivity index (χ0v) is 17.7. The maximum absolute atomic E-state index is 6.12. The largest absolute Gasteiger partial charge is 0.347 e. The van der Waals surface area contributed by atoms with E-state index >= 15 is 0 Å². The van der Waals surface area contributed by atoms with E-state index in [0.717, 1.165) is 59.5 Å². The summed E-state index contributed by atoms with van der Waals surface area (Å²) in [4.78, 5) is 9.77. The number of rotatable bonds is 4. The molecule has 142 valence electrons. The molecule has 0 amide bonds. The number of aromatic nitrogens is 1. The maximum Gasteiger partial charge on any atom is 0.186 e. The molecule has 3 nitrogen and oxygen atoms in total. The van der Waals surface area contributed by atoms with Gasteiger partial charge in [-0.25, -0.2) is 4.98 Å². The van der Waals surface area contributed by atoms with Crippen molar-refractivity contribution >= 4 is 49.9 Å². The van der Waals surface area contributed by atoms with Gasteiger partial charge in [0.05, 0.1) is 10.2 Å². The van der Waals surface area contributed by atoms with Crippen molar-refractivity contribution in [3.05, 3.63) is 58.1 Å². The number of aryl methyl sites for hydroxylation is 1. The highest BCUT2D eigenvalue weighted by Gasteiger charge is 2.18. The molecule has 1 aliphatic rings. The van der Waals surface area contributed by atoms with E-state index in [2.05, 4.69) is 34.9 Å². The first-order chi connectivity index (χ1) is 13.1. The summed E-state index contributed by atoms with van der Waals surface area (Å²) in [6.45, 7) is 7.32. The van der Waals surface area contributed by atoms with Crippen molar-refractivity contribution in [2.45, 2.75) is 25.8 Å². The van der Waals surface area contributed by atoms with E-state index in [1.807, 2.05) is 18.2 Å². The van der Waals surface area contributed by atoms with Crippen molar-refractivity contribution in [3.8, 4) is 0 Å². The molecule has 1 aromatic heterocycles. The first kappa shape index (κ1) is 19.0. The third kappa shape index (κ3) is 4.57. The van der Waals surface area contributed by atoms with Crippen LogP contribution in [0.15, 0.2) is 36.4 Å². The topological polar surface area (TPSA) is 19.4 Å². The molecule has 0 N–H and O–H groups in total. The first-order valence-corrected chi connectivity index (χ1v) is 11.0. The van der Waals surface area contributed by atoms with Crippen LogP contribution in [0.1, 0.15) is 23.1 Å².